The van der Waals surface area contributed by atoms with E-state index in [2.05, 4.69) is 26.6 Å². The lowest BCUT2D eigenvalue weighted by molar-refractivity contribution is 0.0590. The van der Waals surface area contributed by atoms with Crippen molar-refractivity contribution >= 4 is 21.8 Å². The number of hydrogen-bond acceptors (Lipinski definition) is 5. The Balaban J connectivity index is 2.35. The third-order valence-corrected chi connectivity index (χ3v) is 5.14. The number of rotatable bonds is 7. The van der Waals surface area contributed by atoms with Gasteiger partial charge in [-0.15, -0.1) is 0 Å². The summed E-state index contributed by atoms with van der Waals surface area (Å²) in [6.45, 7) is 4.05. The molecule has 1 aromatic heterocycles. The molecule has 0 saturated heterocycles. The van der Waals surface area contributed by atoms with Gasteiger partial charge in [-0.3, -0.25) is 9.82 Å². The van der Waals surface area contributed by atoms with Crippen LogP contribution in [0.25, 0.3) is 0 Å². The first-order chi connectivity index (χ1) is 11.8. The molecule has 1 aromatic carbocycles. The number of nitrogens with one attached hydrogen (secondary N) is 2. The van der Waals surface area contributed by atoms with Crippen molar-refractivity contribution in [3.05, 3.63) is 41.3 Å². The van der Waals surface area contributed by atoms with Crippen molar-refractivity contribution in [2.45, 2.75) is 37.5 Å². The summed E-state index contributed by atoms with van der Waals surface area (Å²) >= 11 is 0. The van der Waals surface area contributed by atoms with E-state index in [1.54, 1.807) is 6.07 Å². The van der Waals surface area contributed by atoms with Crippen LogP contribution >= 0.6 is 0 Å². The Hall–Kier alpha value is -2.42. The highest BCUT2D eigenvalue weighted by Gasteiger charge is 2.27. The maximum Gasteiger partial charge on any atom is 0.342 e. The van der Waals surface area contributed by atoms with E-state index < -0.39 is 32.3 Å². The van der Waals surface area contributed by atoms with E-state index in [4.69, 9.17) is 0 Å². The molecule has 0 aliphatic heterocycles. The van der Waals surface area contributed by atoms with Gasteiger partial charge in [0.25, 0.3) is 10.0 Å². The highest BCUT2D eigenvalue weighted by atomic mass is 32.2. The lowest BCUT2D eigenvalue weighted by Crippen LogP contribution is -2.19. The van der Waals surface area contributed by atoms with Crippen molar-refractivity contribution < 1.29 is 22.3 Å². The van der Waals surface area contributed by atoms with Gasteiger partial charge in [0, 0.05) is 11.8 Å². The molecule has 0 saturated carbocycles. The first kappa shape index (κ1) is 18.9. The minimum absolute atomic E-state index is 0.0676. The van der Waals surface area contributed by atoms with Crippen LogP contribution in [-0.4, -0.2) is 31.7 Å². The number of anilines is 1. The van der Waals surface area contributed by atoms with Crippen LogP contribution in [-0.2, 0) is 14.8 Å². The van der Waals surface area contributed by atoms with Crippen LogP contribution in [0.1, 0.15) is 48.7 Å². The molecule has 7 nitrogen and oxygen atoms in total. The predicted octanol–water partition coefficient (Wildman–Crippen LogP) is 3.04. The fourth-order valence-electron chi connectivity index (χ4n) is 2.45. The van der Waals surface area contributed by atoms with Crippen LogP contribution in [0.5, 0.6) is 0 Å². The number of aromatic nitrogens is 2. The number of sulfonamides is 1. The summed E-state index contributed by atoms with van der Waals surface area (Å²) in [7, 11) is -3.17. The molecule has 136 valence electrons. The van der Waals surface area contributed by atoms with Gasteiger partial charge in [-0.25, -0.2) is 17.6 Å². The summed E-state index contributed by atoms with van der Waals surface area (Å²) in [6.07, 6.45) is 1.90. The fourth-order valence-corrected chi connectivity index (χ4v) is 3.65. The summed E-state index contributed by atoms with van der Waals surface area (Å²) in [5, 5.41) is 6.70. The number of carbonyl (C=O) groups excluding carboxylic acids is 1. The van der Waals surface area contributed by atoms with Gasteiger partial charge in [-0.1, -0.05) is 26.3 Å². The Kier molecular flexibility index (Phi) is 5.78. The Morgan fingerprint density at radius 3 is 2.80 bits per heavy atom. The number of benzene rings is 1. The lowest BCUT2D eigenvalue weighted by atomic mass is 10.0. The van der Waals surface area contributed by atoms with Crippen LogP contribution in [0.3, 0.4) is 0 Å². The quantitative estimate of drug-likeness (QED) is 0.731. The Labute approximate surface area is 145 Å². The molecule has 1 atom stereocenters. The zero-order chi connectivity index (χ0) is 18.6. The average Bonchev–Trinajstić information content (AvgIpc) is 3.02. The molecule has 2 aromatic rings. The van der Waals surface area contributed by atoms with Gasteiger partial charge in [-0.05, 0) is 24.5 Å². The Morgan fingerprint density at radius 1 is 1.44 bits per heavy atom. The van der Waals surface area contributed by atoms with E-state index in [9.17, 15) is 17.6 Å². The molecular formula is C16H20FN3O4S. The molecule has 1 heterocycles. The van der Waals surface area contributed by atoms with E-state index in [1.165, 1.54) is 6.07 Å². The summed E-state index contributed by atoms with van der Waals surface area (Å²) < 4.78 is 45.8. The zero-order valence-corrected chi connectivity index (χ0v) is 15.0. The maximum absolute atomic E-state index is 13.9. The zero-order valence-electron chi connectivity index (χ0n) is 14.2. The minimum Gasteiger partial charge on any atom is -0.465 e. The van der Waals surface area contributed by atoms with Gasteiger partial charge in [0.05, 0.1) is 7.11 Å². The molecule has 25 heavy (non-hydrogen) atoms. The summed E-state index contributed by atoms with van der Waals surface area (Å²) in [5.41, 5.74) is 0.139. The molecule has 0 amide bonds. The second-order valence-electron chi connectivity index (χ2n) is 5.61. The number of esters is 1. The number of methoxy groups -OCH3 is 1. The van der Waals surface area contributed by atoms with E-state index >= 15 is 0 Å². The van der Waals surface area contributed by atoms with Gasteiger partial charge in [0.2, 0.25) is 0 Å². The predicted molar refractivity (Wildman–Crippen MR) is 90.5 cm³/mol. The van der Waals surface area contributed by atoms with Crippen molar-refractivity contribution in [1.29, 1.82) is 0 Å². The van der Waals surface area contributed by atoms with Crippen molar-refractivity contribution in [3.63, 3.8) is 0 Å². The van der Waals surface area contributed by atoms with Gasteiger partial charge in [0.15, 0.2) is 5.82 Å². The third-order valence-electron chi connectivity index (χ3n) is 3.74. The van der Waals surface area contributed by atoms with Crippen molar-refractivity contribution in [2.75, 3.05) is 11.8 Å². The largest absolute Gasteiger partial charge is 0.465 e. The monoisotopic (exact) mass is 369 g/mol. The molecule has 2 N–H and O–H groups in total. The number of hydrogen-bond donors (Lipinski definition) is 2. The van der Waals surface area contributed by atoms with E-state index in [-0.39, 0.29) is 11.7 Å². The highest BCUT2D eigenvalue weighted by Crippen LogP contribution is 2.24. The van der Waals surface area contributed by atoms with E-state index in [1.807, 2.05) is 6.92 Å². The topological polar surface area (TPSA) is 101 Å². The third kappa shape index (κ3) is 4.16. The average molecular weight is 369 g/mol. The Morgan fingerprint density at radius 2 is 2.16 bits per heavy atom. The summed E-state index contributed by atoms with van der Waals surface area (Å²) in [6, 6.07) is 4.90. The molecule has 0 radical (unpaired) electrons. The first-order valence-corrected chi connectivity index (χ1v) is 9.23. The fraction of sp³-hybridized carbons (Fsp3) is 0.375. The van der Waals surface area contributed by atoms with Crippen molar-refractivity contribution in [2.24, 2.45) is 0 Å². The van der Waals surface area contributed by atoms with E-state index in [0.717, 1.165) is 37.8 Å². The summed E-state index contributed by atoms with van der Waals surface area (Å²) in [4.78, 5) is 11.2. The van der Waals surface area contributed by atoms with Gasteiger partial charge in [0.1, 0.15) is 16.3 Å². The number of aromatic amines is 1. The molecule has 0 bridgehead atoms. The molecule has 0 aliphatic carbocycles. The van der Waals surface area contributed by atoms with Crippen LogP contribution in [0, 0.1) is 5.82 Å². The molecule has 9 heteroatoms. The minimum atomic E-state index is -4.22. The molecule has 0 aliphatic rings. The van der Waals surface area contributed by atoms with Gasteiger partial charge >= 0.3 is 5.97 Å². The van der Waals surface area contributed by atoms with Gasteiger partial charge in [-0.2, -0.15) is 5.10 Å². The number of halogens is 1. The Bertz CT molecular complexity index is 864. The number of carbonyl (C=O) groups is 1. The summed E-state index contributed by atoms with van der Waals surface area (Å²) in [5.74, 6) is -1.79. The van der Waals surface area contributed by atoms with Crippen LogP contribution < -0.4 is 4.72 Å². The molecule has 0 fully saturated rings. The smallest absolute Gasteiger partial charge is 0.342 e. The van der Waals surface area contributed by atoms with Crippen LogP contribution in [0.15, 0.2) is 29.2 Å². The molecule has 2 rings (SSSR count). The normalized spacial score (nSPS) is 12.6. The van der Waals surface area contributed by atoms with Crippen LogP contribution in [0.2, 0.25) is 0 Å². The molecule has 0 spiro atoms. The second-order valence-corrected chi connectivity index (χ2v) is 7.26. The van der Waals surface area contributed by atoms with E-state index in [0.29, 0.717) is 0 Å². The SMILES string of the molecule is CCCC(C)c1cc(NS(=O)(=O)c2cccc(F)c2C(=O)OC)n[nH]1. The highest BCUT2D eigenvalue weighted by molar-refractivity contribution is 7.92. The maximum atomic E-state index is 13.9. The van der Waals surface area contributed by atoms with Gasteiger partial charge < -0.3 is 4.74 Å². The first-order valence-electron chi connectivity index (χ1n) is 7.75. The van der Waals surface area contributed by atoms with Crippen LogP contribution in [0.4, 0.5) is 10.2 Å². The molecule has 1 unspecified atom stereocenters. The molecular weight excluding hydrogens is 349 g/mol. The van der Waals surface area contributed by atoms with Crippen molar-refractivity contribution in [1.82, 2.24) is 10.2 Å². The number of nitrogens with zero attached hydrogens (tertiary/aromatic N) is 1. The number of ether oxygens (including phenoxy) is 1. The number of H-pyrrole nitrogens is 1. The second kappa shape index (κ2) is 7.64. The van der Waals surface area contributed by atoms with Crippen molar-refractivity contribution in [3.8, 4) is 0 Å². The lowest BCUT2D eigenvalue weighted by Gasteiger charge is -2.10. The standard InChI is InChI=1S/C16H20FN3O4S/c1-4-6-10(2)12-9-14(19-18-12)20-25(22,23)13-8-5-7-11(17)15(13)16(21)24-3/h5,7-10H,4,6H2,1-3H3,(H2,18,19,20).